The summed E-state index contributed by atoms with van der Waals surface area (Å²) in [6, 6.07) is 16.1. The van der Waals surface area contributed by atoms with E-state index < -0.39 is 5.97 Å². The molecule has 31 heavy (non-hydrogen) atoms. The summed E-state index contributed by atoms with van der Waals surface area (Å²) in [5, 5.41) is 6.81. The molecule has 5 aromatic rings. The molecule has 0 unspecified atom stereocenters. The van der Waals surface area contributed by atoms with E-state index in [1.165, 1.54) is 11.3 Å². The van der Waals surface area contributed by atoms with Crippen LogP contribution in [0.1, 0.15) is 16.2 Å². The lowest BCUT2D eigenvalue weighted by Crippen LogP contribution is -2.10. The van der Waals surface area contributed by atoms with Crippen molar-refractivity contribution in [3.8, 4) is 27.4 Å². The number of aromatic nitrogens is 1. The van der Waals surface area contributed by atoms with Crippen LogP contribution in [-0.4, -0.2) is 11.0 Å². The summed E-state index contributed by atoms with van der Waals surface area (Å²) in [5.74, 6) is 0.238. The lowest BCUT2D eigenvalue weighted by Gasteiger charge is -2.08. The molecule has 152 valence electrons. The number of carbonyl (C=O) groups is 1. The molecule has 0 fully saturated rings. The average Bonchev–Trinajstić information content (AvgIpc) is 3.46. The van der Waals surface area contributed by atoms with E-state index in [0.29, 0.717) is 22.3 Å². The van der Waals surface area contributed by atoms with Gasteiger partial charge in [-0.3, -0.25) is 4.79 Å². The number of hydrogen-bond acceptors (Lipinski definition) is 7. The van der Waals surface area contributed by atoms with Crippen molar-refractivity contribution in [3.63, 3.8) is 0 Å². The molecular formula is C24H15NO4S2. The van der Waals surface area contributed by atoms with Gasteiger partial charge in [0.05, 0.1) is 10.9 Å². The highest BCUT2D eigenvalue weighted by Gasteiger charge is 2.17. The van der Waals surface area contributed by atoms with Crippen molar-refractivity contribution in [3.05, 3.63) is 92.4 Å². The maximum absolute atomic E-state index is 13.0. The van der Waals surface area contributed by atoms with E-state index >= 15 is 0 Å². The number of benzene rings is 2. The van der Waals surface area contributed by atoms with Crippen LogP contribution in [-0.2, 0) is 0 Å². The van der Waals surface area contributed by atoms with Crippen LogP contribution in [0.25, 0.3) is 32.7 Å². The summed E-state index contributed by atoms with van der Waals surface area (Å²) in [6.45, 7) is 1.75. The Balaban J connectivity index is 1.45. The smallest absolute Gasteiger partial charge is 0.363 e. The Morgan fingerprint density at radius 1 is 1.03 bits per heavy atom. The van der Waals surface area contributed by atoms with Crippen molar-refractivity contribution in [2.75, 3.05) is 0 Å². The zero-order valence-corrected chi connectivity index (χ0v) is 18.0. The van der Waals surface area contributed by atoms with Crippen LogP contribution < -0.4 is 10.2 Å². The Hall–Kier alpha value is -3.55. The highest BCUT2D eigenvalue weighted by molar-refractivity contribution is 7.14. The maximum atomic E-state index is 13.0. The summed E-state index contributed by atoms with van der Waals surface area (Å²) in [4.78, 5) is 29.9. The first kappa shape index (κ1) is 19.4. The van der Waals surface area contributed by atoms with Crippen molar-refractivity contribution in [1.82, 2.24) is 4.98 Å². The number of fused-ring (bicyclic) bond motifs is 1. The van der Waals surface area contributed by atoms with Gasteiger partial charge in [-0.2, -0.15) is 11.3 Å². The fourth-order valence-electron chi connectivity index (χ4n) is 3.33. The topological polar surface area (TPSA) is 69.4 Å². The number of esters is 1. The first-order valence-electron chi connectivity index (χ1n) is 9.43. The second kappa shape index (κ2) is 7.94. The number of ether oxygens (including phenoxy) is 1. The number of carbonyl (C=O) groups excluding carboxylic acids is 1. The Morgan fingerprint density at radius 2 is 1.87 bits per heavy atom. The molecule has 0 atom stereocenters. The van der Waals surface area contributed by atoms with Crippen molar-refractivity contribution in [2.45, 2.75) is 6.92 Å². The first-order chi connectivity index (χ1) is 15.1. The van der Waals surface area contributed by atoms with Gasteiger partial charge in [0.15, 0.2) is 5.69 Å². The quantitative estimate of drug-likeness (QED) is 0.244. The van der Waals surface area contributed by atoms with E-state index in [4.69, 9.17) is 9.15 Å². The standard InChI is InChI=1S/C24H15NO4S2/c1-14-21(15-5-3-2-4-6-15)22(26)18-8-7-17(11-20(18)28-14)29-24(27)19-13-31-23(25-19)16-9-10-30-12-16/h2-13H,1H3. The van der Waals surface area contributed by atoms with E-state index in [1.807, 2.05) is 47.2 Å². The molecule has 2 aromatic carbocycles. The van der Waals surface area contributed by atoms with Gasteiger partial charge < -0.3 is 9.15 Å². The summed E-state index contributed by atoms with van der Waals surface area (Å²) in [7, 11) is 0. The minimum Gasteiger partial charge on any atom is -0.460 e. The fraction of sp³-hybridized carbons (Fsp3) is 0.0417. The largest absolute Gasteiger partial charge is 0.460 e. The third-order valence-corrected chi connectivity index (χ3v) is 6.37. The lowest BCUT2D eigenvalue weighted by molar-refractivity contribution is 0.0729. The maximum Gasteiger partial charge on any atom is 0.363 e. The molecule has 0 saturated carbocycles. The summed E-state index contributed by atoms with van der Waals surface area (Å²) < 4.78 is 11.4. The third kappa shape index (κ3) is 3.69. The van der Waals surface area contributed by atoms with E-state index in [2.05, 4.69) is 4.98 Å². The lowest BCUT2D eigenvalue weighted by atomic mass is 10.0. The molecule has 0 radical (unpaired) electrons. The molecule has 0 spiro atoms. The molecule has 3 heterocycles. The molecule has 0 aliphatic heterocycles. The van der Waals surface area contributed by atoms with Crippen LogP contribution in [0.4, 0.5) is 0 Å². The summed E-state index contributed by atoms with van der Waals surface area (Å²) in [5.41, 5.74) is 2.79. The van der Waals surface area contributed by atoms with Gasteiger partial charge >= 0.3 is 5.97 Å². The number of thiophene rings is 1. The molecule has 0 aliphatic carbocycles. The van der Waals surface area contributed by atoms with Crippen molar-refractivity contribution >= 4 is 39.6 Å². The number of aryl methyl sites for hydroxylation is 1. The molecule has 0 bridgehead atoms. The highest BCUT2D eigenvalue weighted by Crippen LogP contribution is 2.28. The second-order valence-corrected chi connectivity index (χ2v) is 8.46. The van der Waals surface area contributed by atoms with Gasteiger partial charge in [0.2, 0.25) is 5.43 Å². The highest BCUT2D eigenvalue weighted by atomic mass is 32.1. The summed E-state index contributed by atoms with van der Waals surface area (Å²) in [6.07, 6.45) is 0. The van der Waals surface area contributed by atoms with Crippen LogP contribution in [0.2, 0.25) is 0 Å². The van der Waals surface area contributed by atoms with Gasteiger partial charge in [-0.05, 0) is 36.1 Å². The van der Waals surface area contributed by atoms with Gasteiger partial charge in [0, 0.05) is 22.4 Å². The molecule has 5 rings (SSSR count). The van der Waals surface area contributed by atoms with Crippen LogP contribution >= 0.6 is 22.7 Å². The van der Waals surface area contributed by atoms with Gasteiger partial charge in [-0.1, -0.05) is 30.3 Å². The number of thiazole rings is 1. The predicted octanol–water partition coefficient (Wildman–Crippen LogP) is 6.17. The van der Waals surface area contributed by atoms with Crippen molar-refractivity contribution in [1.29, 1.82) is 0 Å². The third-order valence-electron chi connectivity index (χ3n) is 4.79. The Morgan fingerprint density at radius 3 is 2.65 bits per heavy atom. The van der Waals surface area contributed by atoms with Crippen LogP contribution in [0, 0.1) is 6.92 Å². The minimum absolute atomic E-state index is 0.122. The normalized spacial score (nSPS) is 11.0. The van der Waals surface area contributed by atoms with E-state index in [-0.39, 0.29) is 16.9 Å². The van der Waals surface area contributed by atoms with Gasteiger partial charge in [-0.15, -0.1) is 11.3 Å². The molecule has 5 nitrogen and oxygen atoms in total. The first-order valence-corrected chi connectivity index (χ1v) is 11.3. The second-order valence-electron chi connectivity index (χ2n) is 6.83. The van der Waals surface area contributed by atoms with E-state index in [9.17, 15) is 9.59 Å². The predicted molar refractivity (Wildman–Crippen MR) is 123 cm³/mol. The monoisotopic (exact) mass is 445 g/mol. The number of hydrogen-bond donors (Lipinski definition) is 0. The Bertz CT molecular complexity index is 1450. The van der Waals surface area contributed by atoms with Crippen LogP contribution in [0.3, 0.4) is 0 Å². The van der Waals surface area contributed by atoms with Crippen LogP contribution in [0.5, 0.6) is 5.75 Å². The SMILES string of the molecule is Cc1oc2cc(OC(=O)c3csc(-c4ccsc4)n3)ccc2c(=O)c1-c1ccccc1. The van der Waals surface area contributed by atoms with Crippen molar-refractivity contribution < 1.29 is 13.9 Å². The zero-order chi connectivity index (χ0) is 21.4. The Kier molecular flexibility index (Phi) is 4.97. The number of rotatable bonds is 4. The molecule has 7 heteroatoms. The molecule has 0 aliphatic rings. The minimum atomic E-state index is -0.558. The molecular weight excluding hydrogens is 430 g/mol. The fourth-order valence-corrected chi connectivity index (χ4v) is 4.83. The molecule has 0 saturated heterocycles. The van der Waals surface area contributed by atoms with Gasteiger partial charge in [-0.25, -0.2) is 9.78 Å². The molecule has 0 N–H and O–H groups in total. The zero-order valence-electron chi connectivity index (χ0n) is 16.3. The Labute approximate surface area is 185 Å². The van der Waals surface area contributed by atoms with Gasteiger partial charge in [0.1, 0.15) is 22.1 Å². The van der Waals surface area contributed by atoms with E-state index in [0.717, 1.165) is 16.1 Å². The van der Waals surface area contributed by atoms with Crippen LogP contribution in [0.15, 0.2) is 79.9 Å². The van der Waals surface area contributed by atoms with Crippen molar-refractivity contribution in [2.24, 2.45) is 0 Å². The average molecular weight is 446 g/mol. The van der Waals surface area contributed by atoms with E-state index in [1.54, 1.807) is 41.8 Å². The van der Waals surface area contributed by atoms with Gasteiger partial charge in [0.25, 0.3) is 0 Å². The molecule has 3 aromatic heterocycles. The number of nitrogens with zero attached hydrogens (tertiary/aromatic N) is 1. The summed E-state index contributed by atoms with van der Waals surface area (Å²) >= 11 is 2.96. The molecule has 0 amide bonds.